The first-order chi connectivity index (χ1) is 15.3. The Morgan fingerprint density at radius 2 is 1.41 bits per heavy atom. The molecule has 2 aromatic carbocycles. The third kappa shape index (κ3) is 4.29. The molecule has 2 aromatic rings. The lowest BCUT2D eigenvalue weighted by atomic mass is 10.1. The molecular weight excluding hydrogens is 430 g/mol. The lowest BCUT2D eigenvalue weighted by molar-refractivity contribution is 0.0535. The second-order valence-corrected chi connectivity index (χ2v) is 10.1. The van der Waals surface area contributed by atoms with E-state index in [2.05, 4.69) is 0 Å². The van der Waals surface area contributed by atoms with Crippen LogP contribution in [-0.2, 0) is 10.0 Å². The van der Waals surface area contributed by atoms with E-state index in [1.165, 1.54) is 4.31 Å². The topological polar surface area (TPSA) is 87.2 Å². The summed E-state index contributed by atoms with van der Waals surface area (Å²) in [5, 5.41) is 0. The Morgan fingerprint density at radius 1 is 0.844 bits per heavy atom. The minimum absolute atomic E-state index is 0.0772. The second kappa shape index (κ2) is 8.82. The molecule has 32 heavy (non-hydrogen) atoms. The van der Waals surface area contributed by atoms with Gasteiger partial charge in [0.25, 0.3) is 11.8 Å². The molecule has 2 aliphatic rings. The van der Waals surface area contributed by atoms with Crippen LogP contribution in [0.5, 0.6) is 5.75 Å². The first kappa shape index (κ1) is 22.1. The second-order valence-electron chi connectivity index (χ2n) is 8.06. The highest BCUT2D eigenvalue weighted by Gasteiger charge is 2.29. The molecule has 0 atom stereocenters. The zero-order valence-corrected chi connectivity index (χ0v) is 19.1. The number of amides is 2. The zero-order chi connectivity index (χ0) is 22.9. The maximum absolute atomic E-state index is 12.9. The fourth-order valence-electron chi connectivity index (χ4n) is 4.13. The largest absolute Gasteiger partial charge is 0.496 e. The van der Waals surface area contributed by atoms with Crippen molar-refractivity contribution in [3.8, 4) is 5.75 Å². The Labute approximate surface area is 188 Å². The van der Waals surface area contributed by atoms with Gasteiger partial charge in [-0.2, -0.15) is 0 Å². The van der Waals surface area contributed by atoms with Crippen molar-refractivity contribution >= 4 is 27.5 Å². The minimum Gasteiger partial charge on any atom is -0.496 e. The Kier molecular flexibility index (Phi) is 6.10. The van der Waals surface area contributed by atoms with Crippen LogP contribution in [0.2, 0.25) is 0 Å². The number of sulfonamides is 1. The number of hydrogen-bond donors (Lipinski definition) is 0. The van der Waals surface area contributed by atoms with Gasteiger partial charge in [0, 0.05) is 43.9 Å². The Hall–Kier alpha value is -3.07. The van der Waals surface area contributed by atoms with Gasteiger partial charge in [0.15, 0.2) is 0 Å². The molecule has 170 valence electrons. The van der Waals surface area contributed by atoms with Crippen molar-refractivity contribution in [2.45, 2.75) is 13.3 Å². The molecule has 0 spiro atoms. The lowest BCUT2D eigenvalue weighted by Gasteiger charge is -2.35. The first-order valence-corrected chi connectivity index (χ1v) is 12.2. The number of ether oxygens (including phenoxy) is 1. The summed E-state index contributed by atoms with van der Waals surface area (Å²) in [7, 11) is -1.66. The van der Waals surface area contributed by atoms with Crippen molar-refractivity contribution in [2.24, 2.45) is 0 Å². The molecule has 0 radical (unpaired) electrons. The van der Waals surface area contributed by atoms with E-state index in [-0.39, 0.29) is 17.6 Å². The highest BCUT2D eigenvalue weighted by atomic mass is 32.2. The summed E-state index contributed by atoms with van der Waals surface area (Å²) in [6.45, 7) is 4.17. The number of aryl methyl sites for hydroxylation is 1. The van der Waals surface area contributed by atoms with Crippen molar-refractivity contribution in [3.05, 3.63) is 59.2 Å². The van der Waals surface area contributed by atoms with Gasteiger partial charge in [-0.25, -0.2) is 8.42 Å². The van der Waals surface area contributed by atoms with E-state index in [0.29, 0.717) is 61.7 Å². The summed E-state index contributed by atoms with van der Waals surface area (Å²) in [5.74, 6) is 0.637. The highest BCUT2D eigenvalue weighted by molar-refractivity contribution is 7.93. The van der Waals surface area contributed by atoms with E-state index in [1.54, 1.807) is 53.3 Å². The number of nitrogens with zero attached hydrogens (tertiary/aromatic N) is 3. The molecule has 8 nitrogen and oxygen atoms in total. The molecule has 2 heterocycles. The standard InChI is InChI=1S/C23H27N3O5S/c1-17-4-5-19(16-21(17)31-2)23(28)25-13-11-24(12-14-25)22(27)18-6-8-20(9-7-18)26-10-3-15-32(26,29)30/h4-9,16H,3,10-15H2,1-2H3. The summed E-state index contributed by atoms with van der Waals surface area (Å²) in [6, 6.07) is 12.1. The third-order valence-electron chi connectivity index (χ3n) is 6.01. The van der Waals surface area contributed by atoms with Crippen LogP contribution in [0.25, 0.3) is 0 Å². The number of carbonyl (C=O) groups is 2. The van der Waals surface area contributed by atoms with E-state index in [0.717, 1.165) is 5.56 Å². The summed E-state index contributed by atoms with van der Waals surface area (Å²) < 4.78 is 30.9. The predicted molar refractivity (Wildman–Crippen MR) is 122 cm³/mol. The van der Waals surface area contributed by atoms with Crippen LogP contribution in [0, 0.1) is 6.92 Å². The fraction of sp³-hybridized carbons (Fsp3) is 0.391. The van der Waals surface area contributed by atoms with Crippen LogP contribution in [-0.4, -0.2) is 75.6 Å². The van der Waals surface area contributed by atoms with Crippen molar-refractivity contribution in [2.75, 3.05) is 49.9 Å². The molecule has 0 aromatic heterocycles. The van der Waals surface area contributed by atoms with Gasteiger partial charge in [0.1, 0.15) is 5.75 Å². The molecule has 2 aliphatic heterocycles. The summed E-state index contributed by atoms with van der Waals surface area (Å²) in [6.07, 6.45) is 0.612. The molecule has 0 saturated carbocycles. The van der Waals surface area contributed by atoms with E-state index in [4.69, 9.17) is 4.74 Å². The van der Waals surface area contributed by atoms with E-state index in [9.17, 15) is 18.0 Å². The van der Waals surface area contributed by atoms with Crippen molar-refractivity contribution in [1.82, 2.24) is 9.80 Å². The molecule has 4 rings (SSSR count). The van der Waals surface area contributed by atoms with Gasteiger partial charge in [-0.05, 0) is 55.3 Å². The molecule has 2 amide bonds. The molecule has 0 aliphatic carbocycles. The van der Waals surface area contributed by atoms with E-state index in [1.807, 2.05) is 13.0 Å². The molecule has 9 heteroatoms. The summed E-state index contributed by atoms with van der Waals surface area (Å²) in [5.41, 5.74) is 2.63. The number of carbonyl (C=O) groups excluding carboxylic acids is 2. The van der Waals surface area contributed by atoms with Gasteiger partial charge in [-0.1, -0.05) is 6.07 Å². The molecule has 2 saturated heterocycles. The smallest absolute Gasteiger partial charge is 0.254 e. The molecule has 0 N–H and O–H groups in total. The Bertz CT molecular complexity index is 1120. The van der Waals surface area contributed by atoms with Gasteiger partial charge in [-0.15, -0.1) is 0 Å². The van der Waals surface area contributed by atoms with Crippen LogP contribution in [0.1, 0.15) is 32.7 Å². The maximum atomic E-state index is 12.9. The van der Waals surface area contributed by atoms with E-state index < -0.39 is 10.0 Å². The van der Waals surface area contributed by atoms with Crippen LogP contribution in [0.3, 0.4) is 0 Å². The number of piperazine rings is 1. The summed E-state index contributed by atoms with van der Waals surface area (Å²) in [4.78, 5) is 29.2. The SMILES string of the molecule is COc1cc(C(=O)N2CCN(C(=O)c3ccc(N4CCCS4(=O)=O)cc3)CC2)ccc1C. The van der Waals surface area contributed by atoms with Crippen LogP contribution < -0.4 is 9.04 Å². The van der Waals surface area contributed by atoms with E-state index >= 15 is 0 Å². The van der Waals surface area contributed by atoms with Crippen LogP contribution >= 0.6 is 0 Å². The lowest BCUT2D eigenvalue weighted by Crippen LogP contribution is -2.50. The quantitative estimate of drug-likeness (QED) is 0.702. The van der Waals surface area contributed by atoms with Gasteiger partial charge >= 0.3 is 0 Å². The number of anilines is 1. The van der Waals surface area contributed by atoms with Gasteiger partial charge in [0.2, 0.25) is 10.0 Å². The van der Waals surface area contributed by atoms with Gasteiger partial charge in [-0.3, -0.25) is 13.9 Å². The Morgan fingerprint density at radius 3 is 1.94 bits per heavy atom. The van der Waals surface area contributed by atoms with Crippen molar-refractivity contribution in [1.29, 1.82) is 0 Å². The first-order valence-electron chi connectivity index (χ1n) is 10.6. The fourth-order valence-corrected chi connectivity index (χ4v) is 5.70. The molecule has 0 unspecified atom stereocenters. The maximum Gasteiger partial charge on any atom is 0.254 e. The van der Waals surface area contributed by atoms with Crippen molar-refractivity contribution in [3.63, 3.8) is 0 Å². The third-order valence-corrected chi connectivity index (χ3v) is 7.88. The average Bonchev–Trinajstić information content (AvgIpc) is 3.17. The number of hydrogen-bond acceptors (Lipinski definition) is 5. The number of benzene rings is 2. The van der Waals surface area contributed by atoms with Crippen LogP contribution in [0.15, 0.2) is 42.5 Å². The summed E-state index contributed by atoms with van der Waals surface area (Å²) >= 11 is 0. The monoisotopic (exact) mass is 457 g/mol. The van der Waals surface area contributed by atoms with Gasteiger partial charge < -0.3 is 14.5 Å². The van der Waals surface area contributed by atoms with Gasteiger partial charge in [0.05, 0.1) is 18.6 Å². The molecule has 0 bridgehead atoms. The molecular formula is C23H27N3O5S. The zero-order valence-electron chi connectivity index (χ0n) is 18.3. The predicted octanol–water partition coefficient (Wildman–Crippen LogP) is 2.14. The average molecular weight is 458 g/mol. The van der Waals surface area contributed by atoms with Crippen molar-refractivity contribution < 1.29 is 22.7 Å². The van der Waals surface area contributed by atoms with Crippen LogP contribution in [0.4, 0.5) is 5.69 Å². The number of methoxy groups -OCH3 is 1. The molecule has 2 fully saturated rings. The highest BCUT2D eigenvalue weighted by Crippen LogP contribution is 2.25. The number of rotatable bonds is 4. The minimum atomic E-state index is -3.25. The normalized spacial score (nSPS) is 18.0. The Balaban J connectivity index is 1.38.